The van der Waals surface area contributed by atoms with Crippen molar-refractivity contribution < 1.29 is 5.11 Å². The molecular weight excluding hydrogens is 222 g/mol. The molecule has 0 radical (unpaired) electrons. The standard InChI is InChI=1S/C16H25NO/c1-16(18,13-9-5-3-6-10-13)14-11-7-4-8-12-15(14)17-2/h3,5-6,9-10,14-15,17-18H,4,7-8,11-12H2,1-2H3/t14-,15+,16?/m1/s1. The van der Waals surface area contributed by atoms with Crippen molar-refractivity contribution >= 4 is 0 Å². The van der Waals surface area contributed by atoms with Crippen molar-refractivity contribution in [1.29, 1.82) is 0 Å². The Bertz CT molecular complexity index is 361. The lowest BCUT2D eigenvalue weighted by molar-refractivity contribution is -0.0245. The molecule has 0 spiro atoms. The van der Waals surface area contributed by atoms with Crippen molar-refractivity contribution in [3.05, 3.63) is 35.9 Å². The van der Waals surface area contributed by atoms with Gasteiger partial charge in [-0.2, -0.15) is 0 Å². The van der Waals surface area contributed by atoms with Crippen LogP contribution in [0.3, 0.4) is 0 Å². The first-order valence-electron chi connectivity index (χ1n) is 7.11. The van der Waals surface area contributed by atoms with E-state index in [0.29, 0.717) is 12.0 Å². The van der Waals surface area contributed by atoms with Crippen LogP contribution in [0.4, 0.5) is 0 Å². The third-order valence-corrected chi connectivity index (χ3v) is 4.47. The first kappa shape index (κ1) is 13.6. The van der Waals surface area contributed by atoms with Gasteiger partial charge in [-0.3, -0.25) is 0 Å². The van der Waals surface area contributed by atoms with Gasteiger partial charge < -0.3 is 10.4 Å². The number of hydrogen-bond donors (Lipinski definition) is 2. The van der Waals surface area contributed by atoms with E-state index in [-0.39, 0.29) is 0 Å². The number of aliphatic hydroxyl groups is 1. The molecule has 2 nitrogen and oxygen atoms in total. The molecule has 0 bridgehead atoms. The average Bonchev–Trinajstić information content (AvgIpc) is 2.65. The predicted molar refractivity (Wildman–Crippen MR) is 75.4 cm³/mol. The highest BCUT2D eigenvalue weighted by molar-refractivity contribution is 5.23. The Morgan fingerprint density at radius 2 is 1.78 bits per heavy atom. The molecule has 2 heteroatoms. The SMILES string of the molecule is CN[C@H]1CCCCC[C@H]1C(C)(O)c1ccccc1. The molecule has 100 valence electrons. The van der Waals surface area contributed by atoms with E-state index in [1.54, 1.807) is 0 Å². The maximum atomic E-state index is 11.0. The summed E-state index contributed by atoms with van der Waals surface area (Å²) in [5.74, 6) is 0.299. The molecule has 0 aliphatic heterocycles. The Hall–Kier alpha value is -0.860. The van der Waals surface area contributed by atoms with Gasteiger partial charge in [0.1, 0.15) is 0 Å². The summed E-state index contributed by atoms with van der Waals surface area (Å²) in [6.07, 6.45) is 6.07. The second-order valence-electron chi connectivity index (χ2n) is 5.65. The topological polar surface area (TPSA) is 32.3 Å². The fourth-order valence-electron chi connectivity index (χ4n) is 3.32. The molecule has 0 aromatic heterocycles. The van der Waals surface area contributed by atoms with Crippen molar-refractivity contribution in [1.82, 2.24) is 5.32 Å². The van der Waals surface area contributed by atoms with Crippen LogP contribution in [0.1, 0.15) is 44.6 Å². The van der Waals surface area contributed by atoms with Crippen LogP contribution in [0.25, 0.3) is 0 Å². The molecule has 1 unspecified atom stereocenters. The maximum absolute atomic E-state index is 11.0. The number of benzene rings is 1. The van der Waals surface area contributed by atoms with Gasteiger partial charge in [0, 0.05) is 12.0 Å². The van der Waals surface area contributed by atoms with Gasteiger partial charge in [0.2, 0.25) is 0 Å². The van der Waals surface area contributed by atoms with E-state index in [2.05, 4.69) is 5.32 Å². The molecule has 0 heterocycles. The lowest BCUT2D eigenvalue weighted by atomic mass is 9.76. The molecule has 2 N–H and O–H groups in total. The van der Waals surface area contributed by atoms with E-state index >= 15 is 0 Å². The summed E-state index contributed by atoms with van der Waals surface area (Å²) in [6, 6.07) is 10.5. The lowest BCUT2D eigenvalue weighted by Crippen LogP contribution is -2.44. The summed E-state index contributed by atoms with van der Waals surface area (Å²) < 4.78 is 0. The molecule has 2 rings (SSSR count). The van der Waals surface area contributed by atoms with Crippen LogP contribution in [0.2, 0.25) is 0 Å². The van der Waals surface area contributed by atoms with E-state index in [9.17, 15) is 5.11 Å². The quantitative estimate of drug-likeness (QED) is 0.805. The van der Waals surface area contributed by atoms with Gasteiger partial charge >= 0.3 is 0 Å². The summed E-state index contributed by atoms with van der Waals surface area (Å²) in [5, 5.41) is 14.4. The third-order valence-electron chi connectivity index (χ3n) is 4.47. The highest BCUT2D eigenvalue weighted by atomic mass is 16.3. The van der Waals surface area contributed by atoms with Crippen LogP contribution in [0.5, 0.6) is 0 Å². The van der Waals surface area contributed by atoms with Gasteiger partial charge in [0.25, 0.3) is 0 Å². The first-order valence-corrected chi connectivity index (χ1v) is 7.11. The van der Waals surface area contributed by atoms with Gasteiger partial charge in [-0.15, -0.1) is 0 Å². The van der Waals surface area contributed by atoms with Crippen LogP contribution in [0.15, 0.2) is 30.3 Å². The Kier molecular flexibility index (Phi) is 4.41. The van der Waals surface area contributed by atoms with Crippen molar-refractivity contribution in [2.24, 2.45) is 5.92 Å². The van der Waals surface area contributed by atoms with Crippen LogP contribution in [-0.2, 0) is 5.60 Å². The fraction of sp³-hybridized carbons (Fsp3) is 0.625. The fourth-order valence-corrected chi connectivity index (χ4v) is 3.32. The summed E-state index contributed by atoms with van der Waals surface area (Å²) in [5.41, 5.74) is 0.302. The summed E-state index contributed by atoms with van der Waals surface area (Å²) >= 11 is 0. The van der Waals surface area contributed by atoms with Crippen molar-refractivity contribution in [2.45, 2.75) is 50.7 Å². The largest absolute Gasteiger partial charge is 0.385 e. The van der Waals surface area contributed by atoms with Gasteiger partial charge in [-0.05, 0) is 32.4 Å². The molecule has 1 aromatic carbocycles. The van der Waals surface area contributed by atoms with E-state index in [0.717, 1.165) is 12.0 Å². The minimum Gasteiger partial charge on any atom is -0.385 e. The van der Waals surface area contributed by atoms with Gasteiger partial charge in [0.05, 0.1) is 5.60 Å². The van der Waals surface area contributed by atoms with E-state index in [1.165, 1.54) is 25.7 Å². The highest BCUT2D eigenvalue weighted by Crippen LogP contribution is 2.38. The predicted octanol–water partition coefficient (Wildman–Crippen LogP) is 3.06. The summed E-state index contributed by atoms with van der Waals surface area (Å²) in [6.45, 7) is 1.97. The number of nitrogens with one attached hydrogen (secondary N) is 1. The average molecular weight is 247 g/mol. The summed E-state index contributed by atoms with van der Waals surface area (Å²) in [7, 11) is 2.02. The Morgan fingerprint density at radius 1 is 1.11 bits per heavy atom. The van der Waals surface area contributed by atoms with Crippen molar-refractivity contribution in [2.75, 3.05) is 7.05 Å². The first-order chi connectivity index (χ1) is 8.66. The number of hydrogen-bond acceptors (Lipinski definition) is 2. The zero-order valence-electron chi connectivity index (χ0n) is 11.5. The zero-order valence-corrected chi connectivity index (χ0v) is 11.5. The Morgan fingerprint density at radius 3 is 2.44 bits per heavy atom. The minimum atomic E-state index is -0.737. The van der Waals surface area contributed by atoms with Crippen molar-refractivity contribution in [3.63, 3.8) is 0 Å². The van der Waals surface area contributed by atoms with E-state index < -0.39 is 5.60 Å². The van der Waals surface area contributed by atoms with Crippen molar-refractivity contribution in [3.8, 4) is 0 Å². The molecule has 1 saturated carbocycles. The molecule has 1 aliphatic carbocycles. The third kappa shape index (κ3) is 2.76. The van der Waals surface area contributed by atoms with Crippen LogP contribution in [0, 0.1) is 5.92 Å². The Labute approximate surface area is 110 Å². The van der Waals surface area contributed by atoms with Crippen LogP contribution in [-0.4, -0.2) is 18.2 Å². The highest BCUT2D eigenvalue weighted by Gasteiger charge is 2.38. The maximum Gasteiger partial charge on any atom is 0.0911 e. The zero-order chi connectivity index (χ0) is 13.0. The minimum absolute atomic E-state index is 0.299. The van der Waals surface area contributed by atoms with E-state index in [4.69, 9.17) is 0 Å². The van der Waals surface area contributed by atoms with Gasteiger partial charge in [-0.25, -0.2) is 0 Å². The molecule has 3 atom stereocenters. The molecule has 1 fully saturated rings. The number of rotatable bonds is 3. The normalized spacial score (nSPS) is 28.4. The van der Waals surface area contributed by atoms with Crippen LogP contribution < -0.4 is 5.32 Å². The monoisotopic (exact) mass is 247 g/mol. The molecular formula is C16H25NO. The summed E-state index contributed by atoms with van der Waals surface area (Å²) in [4.78, 5) is 0. The van der Waals surface area contributed by atoms with E-state index in [1.807, 2.05) is 44.3 Å². The molecule has 0 amide bonds. The lowest BCUT2D eigenvalue weighted by Gasteiger charge is -2.38. The Balaban J connectivity index is 2.26. The molecule has 18 heavy (non-hydrogen) atoms. The molecule has 1 aliphatic rings. The second-order valence-corrected chi connectivity index (χ2v) is 5.65. The second kappa shape index (κ2) is 5.85. The molecule has 1 aromatic rings. The van der Waals surface area contributed by atoms with Gasteiger partial charge in [-0.1, -0.05) is 49.6 Å². The smallest absolute Gasteiger partial charge is 0.0911 e. The van der Waals surface area contributed by atoms with Gasteiger partial charge in [0.15, 0.2) is 0 Å². The molecule has 0 saturated heterocycles. The van der Waals surface area contributed by atoms with Crippen LogP contribution >= 0.6 is 0 Å².